The first kappa shape index (κ1) is 10.5. The molecule has 0 saturated heterocycles. The van der Waals surface area contributed by atoms with E-state index in [1.165, 1.54) is 0 Å². The Bertz CT molecular complexity index is 412. The maximum absolute atomic E-state index is 11.8. The predicted molar refractivity (Wildman–Crippen MR) is 60.0 cm³/mol. The van der Waals surface area contributed by atoms with Crippen molar-refractivity contribution < 1.29 is 9.53 Å². The lowest BCUT2D eigenvalue weighted by atomic mass is 9.82. The van der Waals surface area contributed by atoms with E-state index in [4.69, 9.17) is 16.3 Å². The minimum atomic E-state index is 0.131. The van der Waals surface area contributed by atoms with Crippen molar-refractivity contribution in [2.45, 2.75) is 25.7 Å². The first-order valence-corrected chi connectivity index (χ1v) is 5.42. The van der Waals surface area contributed by atoms with Crippen molar-refractivity contribution in [2.75, 3.05) is 7.11 Å². The zero-order chi connectivity index (χ0) is 11.0. The summed E-state index contributed by atoms with van der Waals surface area (Å²) in [6, 6.07) is 3.56. The highest BCUT2D eigenvalue weighted by atomic mass is 35.5. The topological polar surface area (TPSA) is 26.3 Å². The Labute approximate surface area is 94.2 Å². The minimum Gasteiger partial charge on any atom is -0.496 e. The van der Waals surface area contributed by atoms with Crippen LogP contribution in [0.25, 0.3) is 0 Å². The summed E-state index contributed by atoms with van der Waals surface area (Å²) in [5.74, 6) is 1.24. The Morgan fingerprint density at radius 2 is 2.20 bits per heavy atom. The van der Waals surface area contributed by atoms with Crippen molar-refractivity contribution in [3.8, 4) is 5.75 Å². The third-order valence-corrected chi connectivity index (χ3v) is 3.27. The zero-order valence-corrected chi connectivity index (χ0v) is 9.60. The van der Waals surface area contributed by atoms with E-state index in [0.29, 0.717) is 22.9 Å². The summed E-state index contributed by atoms with van der Waals surface area (Å²) in [7, 11) is 1.62. The first-order chi connectivity index (χ1) is 7.15. The molecule has 0 aliphatic heterocycles. The number of rotatable bonds is 1. The van der Waals surface area contributed by atoms with Gasteiger partial charge in [-0.15, -0.1) is 0 Å². The molecule has 3 heteroatoms. The Morgan fingerprint density at radius 1 is 1.47 bits per heavy atom. The van der Waals surface area contributed by atoms with Crippen LogP contribution in [0.4, 0.5) is 0 Å². The van der Waals surface area contributed by atoms with Gasteiger partial charge in [-0.05, 0) is 24.5 Å². The van der Waals surface area contributed by atoms with E-state index in [9.17, 15) is 4.79 Å². The van der Waals surface area contributed by atoms with Crippen LogP contribution in [-0.2, 0) is 0 Å². The molecule has 0 heterocycles. The highest BCUT2D eigenvalue weighted by Gasteiger charge is 2.28. The number of ether oxygens (including phenoxy) is 1. The third-order valence-electron chi connectivity index (χ3n) is 2.95. The fourth-order valence-electron chi connectivity index (χ4n) is 2.14. The van der Waals surface area contributed by atoms with Gasteiger partial charge in [0.05, 0.1) is 12.1 Å². The van der Waals surface area contributed by atoms with E-state index in [1.54, 1.807) is 13.2 Å². The smallest absolute Gasteiger partial charge is 0.164 e. The molecule has 1 aromatic rings. The average molecular weight is 225 g/mol. The van der Waals surface area contributed by atoms with Crippen molar-refractivity contribution in [3.63, 3.8) is 0 Å². The van der Waals surface area contributed by atoms with Gasteiger partial charge in [-0.1, -0.05) is 18.5 Å². The lowest BCUT2D eigenvalue weighted by molar-refractivity contribution is 0.0967. The van der Waals surface area contributed by atoms with Crippen LogP contribution in [-0.4, -0.2) is 12.9 Å². The Hall–Kier alpha value is -1.02. The molecule has 2 nitrogen and oxygen atoms in total. The van der Waals surface area contributed by atoms with Crippen molar-refractivity contribution in [2.24, 2.45) is 0 Å². The number of hydrogen-bond acceptors (Lipinski definition) is 2. The highest BCUT2D eigenvalue weighted by molar-refractivity contribution is 6.34. The maximum Gasteiger partial charge on any atom is 0.164 e. The van der Waals surface area contributed by atoms with E-state index >= 15 is 0 Å². The van der Waals surface area contributed by atoms with E-state index in [0.717, 1.165) is 17.7 Å². The van der Waals surface area contributed by atoms with Crippen LogP contribution in [0.3, 0.4) is 0 Å². The summed E-state index contributed by atoms with van der Waals surface area (Å²) < 4.78 is 5.28. The molecular formula is C12H13ClO2. The fraction of sp³-hybridized carbons (Fsp3) is 0.417. The van der Waals surface area contributed by atoms with E-state index in [1.807, 2.05) is 6.07 Å². The van der Waals surface area contributed by atoms with Crippen LogP contribution >= 0.6 is 11.6 Å². The van der Waals surface area contributed by atoms with Crippen LogP contribution < -0.4 is 4.74 Å². The summed E-state index contributed by atoms with van der Waals surface area (Å²) in [4.78, 5) is 11.8. The predicted octanol–water partition coefficient (Wildman–Crippen LogP) is 3.43. The Kier molecular flexibility index (Phi) is 2.70. The molecule has 80 valence electrons. The molecule has 0 bridgehead atoms. The number of ketones is 1. The number of carbonyl (C=O) groups is 1. The Balaban J connectivity index is 2.68. The van der Waals surface area contributed by atoms with Gasteiger partial charge in [-0.3, -0.25) is 4.79 Å². The van der Waals surface area contributed by atoms with Crippen molar-refractivity contribution in [1.29, 1.82) is 0 Å². The highest BCUT2D eigenvalue weighted by Crippen LogP contribution is 2.40. The van der Waals surface area contributed by atoms with Crippen molar-refractivity contribution >= 4 is 17.4 Å². The number of hydrogen-bond donors (Lipinski definition) is 0. The molecule has 1 aliphatic carbocycles. The molecule has 0 fully saturated rings. The summed E-state index contributed by atoms with van der Waals surface area (Å²) in [5, 5.41) is 0.544. The van der Waals surface area contributed by atoms with E-state index < -0.39 is 0 Å². The largest absolute Gasteiger partial charge is 0.496 e. The van der Waals surface area contributed by atoms with Gasteiger partial charge in [0.25, 0.3) is 0 Å². The molecule has 2 rings (SSSR count). The van der Waals surface area contributed by atoms with E-state index in [2.05, 4.69) is 6.92 Å². The molecule has 0 saturated carbocycles. The van der Waals surface area contributed by atoms with Gasteiger partial charge in [-0.2, -0.15) is 0 Å². The molecule has 15 heavy (non-hydrogen) atoms. The van der Waals surface area contributed by atoms with Crippen LogP contribution in [0.15, 0.2) is 12.1 Å². The van der Waals surface area contributed by atoms with Crippen LogP contribution in [0, 0.1) is 0 Å². The quantitative estimate of drug-likeness (QED) is 0.731. The van der Waals surface area contributed by atoms with Gasteiger partial charge in [0.2, 0.25) is 0 Å². The van der Waals surface area contributed by atoms with Gasteiger partial charge in [0.15, 0.2) is 5.78 Å². The SMILES string of the molecule is COc1ccc(Cl)c2c1C(C)CCC2=O. The maximum atomic E-state index is 11.8. The molecule has 0 amide bonds. The molecule has 1 aromatic carbocycles. The number of benzene rings is 1. The van der Waals surface area contributed by atoms with Gasteiger partial charge < -0.3 is 4.74 Å². The normalized spacial score (nSPS) is 19.9. The molecule has 0 aromatic heterocycles. The zero-order valence-electron chi connectivity index (χ0n) is 8.84. The molecule has 0 radical (unpaired) electrons. The lowest BCUT2D eigenvalue weighted by Gasteiger charge is -2.24. The summed E-state index contributed by atoms with van der Waals surface area (Å²) in [6.45, 7) is 2.10. The molecule has 1 unspecified atom stereocenters. The fourth-order valence-corrected chi connectivity index (χ4v) is 2.41. The monoisotopic (exact) mass is 224 g/mol. The van der Waals surface area contributed by atoms with Gasteiger partial charge in [0.1, 0.15) is 5.75 Å². The first-order valence-electron chi connectivity index (χ1n) is 5.04. The van der Waals surface area contributed by atoms with Crippen LogP contribution in [0.1, 0.15) is 41.6 Å². The standard InChI is InChI=1S/C12H13ClO2/c1-7-3-5-9(14)12-8(13)4-6-10(15-2)11(7)12/h4,6-7H,3,5H2,1-2H3. The van der Waals surface area contributed by atoms with Gasteiger partial charge in [0, 0.05) is 17.5 Å². The second-order valence-corrected chi connectivity index (χ2v) is 4.31. The average Bonchev–Trinajstić information content (AvgIpc) is 2.23. The molecule has 1 atom stereocenters. The van der Waals surface area contributed by atoms with Gasteiger partial charge >= 0.3 is 0 Å². The summed E-state index contributed by atoms with van der Waals surface area (Å²) in [5.41, 5.74) is 1.64. The van der Waals surface area contributed by atoms with Crippen LogP contribution in [0.2, 0.25) is 5.02 Å². The summed E-state index contributed by atoms with van der Waals surface area (Å²) >= 11 is 6.05. The molecular weight excluding hydrogens is 212 g/mol. The molecule has 0 spiro atoms. The number of Topliss-reactive ketones (excluding diaryl/α,β-unsaturated/α-hetero) is 1. The van der Waals surface area contributed by atoms with Crippen molar-refractivity contribution in [3.05, 3.63) is 28.3 Å². The molecule has 0 N–H and O–H groups in total. The number of halogens is 1. The number of carbonyl (C=O) groups excluding carboxylic acids is 1. The summed E-state index contributed by atoms with van der Waals surface area (Å²) in [6.07, 6.45) is 1.46. The number of fused-ring (bicyclic) bond motifs is 1. The Morgan fingerprint density at radius 3 is 2.87 bits per heavy atom. The van der Waals surface area contributed by atoms with E-state index in [-0.39, 0.29) is 5.78 Å². The van der Waals surface area contributed by atoms with Crippen molar-refractivity contribution in [1.82, 2.24) is 0 Å². The lowest BCUT2D eigenvalue weighted by Crippen LogP contribution is -2.15. The molecule has 1 aliphatic rings. The second-order valence-electron chi connectivity index (χ2n) is 3.90. The second kappa shape index (κ2) is 3.86. The number of methoxy groups -OCH3 is 1. The van der Waals surface area contributed by atoms with Gasteiger partial charge in [-0.25, -0.2) is 0 Å². The third kappa shape index (κ3) is 1.63. The minimum absolute atomic E-state index is 0.131. The van der Waals surface area contributed by atoms with Crippen LogP contribution in [0.5, 0.6) is 5.75 Å².